The van der Waals surface area contributed by atoms with Gasteiger partial charge in [0.2, 0.25) is 0 Å². The van der Waals surface area contributed by atoms with Crippen LogP contribution in [0.4, 0.5) is 0 Å². The highest BCUT2D eigenvalue weighted by Gasteiger charge is 2.22. The molecule has 1 aromatic carbocycles. The fourth-order valence-electron chi connectivity index (χ4n) is 2.26. The average molecular weight is 216 g/mol. The van der Waals surface area contributed by atoms with Crippen LogP contribution in [0.2, 0.25) is 0 Å². The largest absolute Gasteiger partial charge is 0.303 e. The maximum Gasteiger partial charge on any atom is 0.0385 e. The van der Waals surface area contributed by atoms with E-state index in [9.17, 15) is 0 Å². The fraction of sp³-hybridized carbons (Fsp3) is 0.500. The molecule has 0 aliphatic carbocycles. The van der Waals surface area contributed by atoms with E-state index in [0.29, 0.717) is 12.5 Å². The van der Waals surface area contributed by atoms with Gasteiger partial charge in [0.15, 0.2) is 0 Å². The molecule has 0 amide bonds. The van der Waals surface area contributed by atoms with E-state index >= 15 is 0 Å². The second-order valence-electron chi connectivity index (χ2n) is 4.15. The Morgan fingerprint density at radius 1 is 1.38 bits per heavy atom. The third-order valence-corrected chi connectivity index (χ3v) is 3.12. The van der Waals surface area contributed by atoms with E-state index in [1.165, 1.54) is 12.0 Å². The van der Waals surface area contributed by atoms with Crippen LogP contribution in [-0.4, -0.2) is 31.1 Å². The van der Waals surface area contributed by atoms with Gasteiger partial charge < -0.3 is 4.90 Å². The summed E-state index contributed by atoms with van der Waals surface area (Å²) in [6.07, 6.45) is 1.21. The van der Waals surface area contributed by atoms with Crippen LogP contribution in [-0.2, 0) is 0 Å². The summed E-state index contributed by atoms with van der Waals surface area (Å²) in [6.45, 7) is 3.66. The van der Waals surface area contributed by atoms with Crippen LogP contribution in [0.15, 0.2) is 35.4 Å². The van der Waals surface area contributed by atoms with Crippen LogP contribution < -0.4 is 0 Å². The van der Waals surface area contributed by atoms with Crippen LogP contribution >= 0.6 is 0 Å². The van der Waals surface area contributed by atoms with E-state index < -0.39 is 0 Å². The third kappa shape index (κ3) is 2.75. The number of hydrogen-bond donors (Lipinski definition) is 0. The molecular formula is C12H16N4. The van der Waals surface area contributed by atoms with Crippen molar-refractivity contribution >= 4 is 0 Å². The van der Waals surface area contributed by atoms with Gasteiger partial charge in [-0.3, -0.25) is 0 Å². The van der Waals surface area contributed by atoms with Gasteiger partial charge in [-0.2, -0.15) is 0 Å². The summed E-state index contributed by atoms with van der Waals surface area (Å²) in [5.41, 5.74) is 9.63. The summed E-state index contributed by atoms with van der Waals surface area (Å²) in [7, 11) is 0. The van der Waals surface area contributed by atoms with E-state index in [2.05, 4.69) is 45.3 Å². The van der Waals surface area contributed by atoms with E-state index in [1.54, 1.807) is 0 Å². The van der Waals surface area contributed by atoms with Crippen LogP contribution in [0, 0.1) is 0 Å². The molecule has 1 heterocycles. The highest BCUT2D eigenvalue weighted by molar-refractivity contribution is 5.20. The van der Waals surface area contributed by atoms with Crippen molar-refractivity contribution in [3.05, 3.63) is 46.3 Å². The molecule has 1 aromatic rings. The fourth-order valence-corrected chi connectivity index (χ4v) is 2.26. The lowest BCUT2D eigenvalue weighted by molar-refractivity contribution is 0.344. The van der Waals surface area contributed by atoms with Crippen LogP contribution in [0.1, 0.15) is 17.9 Å². The zero-order valence-corrected chi connectivity index (χ0v) is 9.29. The van der Waals surface area contributed by atoms with E-state index in [-0.39, 0.29) is 0 Å². The maximum absolute atomic E-state index is 8.21. The minimum absolute atomic E-state index is 0.581. The molecule has 0 N–H and O–H groups in total. The Bertz CT molecular complexity index is 370. The first-order chi connectivity index (χ1) is 7.90. The zero-order chi connectivity index (χ0) is 11.2. The number of likely N-dealkylation sites (tertiary alicyclic amines) is 1. The van der Waals surface area contributed by atoms with Crippen LogP contribution in [0.5, 0.6) is 0 Å². The van der Waals surface area contributed by atoms with Gasteiger partial charge in [-0.25, -0.2) is 0 Å². The summed E-state index contributed by atoms with van der Waals surface area (Å²) in [5.74, 6) is 0.646. The predicted molar refractivity (Wildman–Crippen MR) is 64.3 cm³/mol. The molecule has 1 saturated heterocycles. The Hall–Kier alpha value is -1.51. The van der Waals surface area contributed by atoms with E-state index in [0.717, 1.165) is 19.6 Å². The predicted octanol–water partition coefficient (Wildman–Crippen LogP) is 2.79. The van der Waals surface area contributed by atoms with Gasteiger partial charge in [0.25, 0.3) is 0 Å². The first kappa shape index (κ1) is 11.0. The molecule has 1 atom stereocenters. The maximum atomic E-state index is 8.21. The van der Waals surface area contributed by atoms with Crippen molar-refractivity contribution in [2.75, 3.05) is 26.2 Å². The molecule has 4 nitrogen and oxygen atoms in total. The Morgan fingerprint density at radius 3 is 2.94 bits per heavy atom. The first-order valence-corrected chi connectivity index (χ1v) is 5.68. The molecule has 0 bridgehead atoms. The molecule has 2 rings (SSSR count). The summed E-state index contributed by atoms with van der Waals surface area (Å²) >= 11 is 0. The van der Waals surface area contributed by atoms with Gasteiger partial charge in [-0.05, 0) is 30.0 Å². The second-order valence-corrected chi connectivity index (χ2v) is 4.15. The first-order valence-electron chi connectivity index (χ1n) is 5.68. The number of rotatable bonds is 4. The Balaban J connectivity index is 1.86. The van der Waals surface area contributed by atoms with Crippen molar-refractivity contribution in [1.82, 2.24) is 4.90 Å². The number of benzene rings is 1. The zero-order valence-electron chi connectivity index (χ0n) is 9.29. The van der Waals surface area contributed by atoms with Gasteiger partial charge in [0.05, 0.1) is 0 Å². The molecule has 0 radical (unpaired) electrons. The van der Waals surface area contributed by atoms with Crippen LogP contribution in [0.3, 0.4) is 0 Å². The molecule has 16 heavy (non-hydrogen) atoms. The molecule has 1 aliphatic rings. The molecule has 1 aliphatic heterocycles. The molecule has 4 heteroatoms. The van der Waals surface area contributed by atoms with Gasteiger partial charge >= 0.3 is 0 Å². The summed E-state index contributed by atoms with van der Waals surface area (Å²) in [4.78, 5) is 5.14. The molecule has 0 aromatic heterocycles. The van der Waals surface area contributed by atoms with Crippen molar-refractivity contribution in [2.24, 2.45) is 5.11 Å². The van der Waals surface area contributed by atoms with Gasteiger partial charge in [-0.15, -0.1) is 0 Å². The average Bonchev–Trinajstić information content (AvgIpc) is 2.79. The van der Waals surface area contributed by atoms with Crippen LogP contribution in [0.25, 0.3) is 10.4 Å². The lowest BCUT2D eigenvalue weighted by Crippen LogP contribution is -2.23. The normalized spacial score (nSPS) is 20.6. The molecular weight excluding hydrogens is 200 g/mol. The molecule has 0 saturated carbocycles. The van der Waals surface area contributed by atoms with Crippen molar-refractivity contribution in [1.29, 1.82) is 0 Å². The SMILES string of the molecule is [N-]=[N+]=NCCN1CCC(c2ccccc2)C1. The lowest BCUT2D eigenvalue weighted by atomic mass is 9.99. The van der Waals surface area contributed by atoms with E-state index in [4.69, 9.17) is 5.53 Å². The highest BCUT2D eigenvalue weighted by Crippen LogP contribution is 2.26. The molecule has 1 unspecified atom stereocenters. The minimum atomic E-state index is 0.581. The van der Waals surface area contributed by atoms with Gasteiger partial charge in [-0.1, -0.05) is 35.4 Å². The smallest absolute Gasteiger partial charge is 0.0385 e. The number of nitrogens with zero attached hydrogens (tertiary/aromatic N) is 4. The van der Waals surface area contributed by atoms with Crippen molar-refractivity contribution in [3.8, 4) is 0 Å². The molecule has 0 spiro atoms. The van der Waals surface area contributed by atoms with Crippen molar-refractivity contribution in [3.63, 3.8) is 0 Å². The summed E-state index contributed by atoms with van der Waals surface area (Å²) in [5, 5.41) is 3.57. The minimum Gasteiger partial charge on any atom is -0.303 e. The summed E-state index contributed by atoms with van der Waals surface area (Å²) < 4.78 is 0. The Labute approximate surface area is 95.5 Å². The van der Waals surface area contributed by atoms with Gasteiger partial charge in [0.1, 0.15) is 0 Å². The van der Waals surface area contributed by atoms with E-state index in [1.807, 2.05) is 0 Å². The second kappa shape index (κ2) is 5.54. The lowest BCUT2D eigenvalue weighted by Gasteiger charge is -2.14. The standard InChI is InChI=1S/C12H16N4/c13-15-14-7-9-16-8-6-12(10-16)11-4-2-1-3-5-11/h1-5,12H,6-10H2. The number of azide groups is 1. The summed E-state index contributed by atoms with van der Waals surface area (Å²) in [6, 6.07) is 10.6. The monoisotopic (exact) mass is 216 g/mol. The van der Waals surface area contributed by atoms with Gasteiger partial charge in [0, 0.05) is 24.5 Å². The highest BCUT2D eigenvalue weighted by atomic mass is 15.2. The Kier molecular flexibility index (Phi) is 3.81. The quantitative estimate of drug-likeness (QED) is 0.433. The van der Waals surface area contributed by atoms with Crippen molar-refractivity contribution < 1.29 is 0 Å². The molecule has 84 valence electrons. The van der Waals surface area contributed by atoms with Crippen molar-refractivity contribution in [2.45, 2.75) is 12.3 Å². The number of hydrogen-bond acceptors (Lipinski definition) is 2. The topological polar surface area (TPSA) is 52.0 Å². The third-order valence-electron chi connectivity index (χ3n) is 3.12. The molecule has 1 fully saturated rings. The Morgan fingerprint density at radius 2 is 2.19 bits per heavy atom.